The van der Waals surface area contributed by atoms with Gasteiger partial charge in [0.1, 0.15) is 0 Å². The van der Waals surface area contributed by atoms with Gasteiger partial charge in [0.25, 0.3) is 5.79 Å². The number of carboxylic acid groups (broad SMARTS) is 1. The van der Waals surface area contributed by atoms with E-state index in [1.807, 2.05) is 12.2 Å². The molecule has 0 saturated heterocycles. The largest absolute Gasteiger partial charge is 0.477 e. The molecule has 1 fully saturated rings. The van der Waals surface area contributed by atoms with E-state index in [2.05, 4.69) is 19.1 Å². The van der Waals surface area contributed by atoms with E-state index in [4.69, 9.17) is 5.11 Å². The van der Waals surface area contributed by atoms with Crippen LogP contribution in [-0.4, -0.2) is 38.8 Å². The minimum absolute atomic E-state index is 0.221. The highest BCUT2D eigenvalue weighted by molar-refractivity contribution is 5.75. The van der Waals surface area contributed by atoms with Crippen molar-refractivity contribution in [2.24, 2.45) is 23.7 Å². The first kappa shape index (κ1) is 24.9. The Hall–Kier alpha value is -1.17. The molecule has 4 atom stereocenters. The summed E-state index contributed by atoms with van der Waals surface area (Å²) in [6.45, 7) is 4.19. The molecule has 0 aromatic carbocycles. The van der Waals surface area contributed by atoms with Crippen LogP contribution in [0.5, 0.6) is 0 Å². The summed E-state index contributed by atoms with van der Waals surface area (Å²) >= 11 is 0. The molecule has 5 nitrogen and oxygen atoms in total. The lowest BCUT2D eigenvalue weighted by Gasteiger charge is -2.25. The van der Waals surface area contributed by atoms with Gasteiger partial charge in [-0.15, -0.1) is 0 Å². The third kappa shape index (κ3) is 7.69. The van der Waals surface area contributed by atoms with Crippen molar-refractivity contribution in [3.05, 3.63) is 24.3 Å². The third-order valence-electron chi connectivity index (χ3n) is 6.22. The van der Waals surface area contributed by atoms with E-state index < -0.39 is 17.7 Å². The van der Waals surface area contributed by atoms with Gasteiger partial charge >= 0.3 is 5.97 Å². The predicted molar refractivity (Wildman–Crippen MR) is 112 cm³/mol. The average molecular weight is 397 g/mol. The molecule has 28 heavy (non-hydrogen) atoms. The maximum atomic E-state index is 11.0. The van der Waals surface area contributed by atoms with Crippen LogP contribution in [0.2, 0.25) is 0 Å². The van der Waals surface area contributed by atoms with Crippen LogP contribution in [0, 0.1) is 23.7 Å². The predicted octanol–water partition coefficient (Wildman–Crippen LogP) is 4.28. The van der Waals surface area contributed by atoms with Crippen molar-refractivity contribution in [3.63, 3.8) is 0 Å². The molecule has 5 heteroatoms. The number of aliphatic hydroxyl groups excluding tert-OH is 1. The summed E-state index contributed by atoms with van der Waals surface area (Å²) in [7, 11) is 0. The molecule has 0 aliphatic heterocycles. The molecule has 0 spiro atoms. The molecule has 0 aromatic heterocycles. The Morgan fingerprint density at radius 2 is 1.79 bits per heavy atom. The standard InChI is InChI=1S/C23H40O5/c1-3-5-6-7-8-9-14-21-18(15-16-19(21)17-24)12-10-11-13-20(4-2)23(27,28)22(25)26/h9-11,14,18-21,24,27-28H,3-8,12-13,15-17H2,1-2H3,(H,25,26)/b11-10-,14-9+/t18-,19-,20?,21+/m0/s1. The minimum atomic E-state index is -2.68. The molecule has 1 aliphatic rings. The molecule has 4 N–H and O–H groups in total. The Kier molecular flexibility index (Phi) is 11.7. The molecule has 1 rings (SSSR count). The van der Waals surface area contributed by atoms with E-state index in [-0.39, 0.29) is 6.61 Å². The molecule has 1 saturated carbocycles. The number of unbranched alkanes of at least 4 members (excludes halogenated alkanes) is 4. The fraction of sp³-hybridized carbons (Fsp3) is 0.783. The second-order valence-electron chi connectivity index (χ2n) is 8.21. The highest BCUT2D eigenvalue weighted by atomic mass is 16.5. The Morgan fingerprint density at radius 3 is 2.39 bits per heavy atom. The average Bonchev–Trinajstić information content (AvgIpc) is 3.06. The van der Waals surface area contributed by atoms with Gasteiger partial charge in [0.05, 0.1) is 0 Å². The zero-order valence-electron chi connectivity index (χ0n) is 17.6. The summed E-state index contributed by atoms with van der Waals surface area (Å²) in [6.07, 6.45) is 18.3. The maximum Gasteiger partial charge on any atom is 0.364 e. The molecule has 162 valence electrons. The second-order valence-corrected chi connectivity index (χ2v) is 8.21. The van der Waals surface area contributed by atoms with Crippen molar-refractivity contribution in [3.8, 4) is 0 Å². The van der Waals surface area contributed by atoms with Crippen LogP contribution in [0.4, 0.5) is 0 Å². The number of carbonyl (C=O) groups is 1. The molecule has 1 aliphatic carbocycles. The molecule has 0 heterocycles. The smallest absolute Gasteiger partial charge is 0.364 e. The normalized spacial score (nSPS) is 24.4. The summed E-state index contributed by atoms with van der Waals surface area (Å²) in [5.41, 5.74) is 0. The first-order valence-electron chi connectivity index (χ1n) is 11.0. The summed E-state index contributed by atoms with van der Waals surface area (Å²) in [6, 6.07) is 0. The molecular weight excluding hydrogens is 356 g/mol. The van der Waals surface area contributed by atoms with Crippen LogP contribution < -0.4 is 0 Å². The monoisotopic (exact) mass is 396 g/mol. The summed E-state index contributed by atoms with van der Waals surface area (Å²) in [5.74, 6) is -3.82. The van der Waals surface area contributed by atoms with E-state index in [0.29, 0.717) is 30.6 Å². The molecule has 0 amide bonds. The second kappa shape index (κ2) is 13.1. The van der Waals surface area contributed by atoms with E-state index in [1.165, 1.54) is 25.7 Å². The van der Waals surface area contributed by atoms with E-state index in [9.17, 15) is 20.1 Å². The number of aliphatic carboxylic acids is 1. The highest BCUT2D eigenvalue weighted by Crippen LogP contribution is 2.40. The third-order valence-corrected chi connectivity index (χ3v) is 6.22. The Bertz CT molecular complexity index is 497. The Balaban J connectivity index is 2.54. The van der Waals surface area contributed by atoms with Crippen molar-refractivity contribution in [2.75, 3.05) is 6.61 Å². The number of rotatable bonds is 14. The van der Waals surface area contributed by atoms with E-state index in [0.717, 1.165) is 25.7 Å². The number of carboxylic acids is 1. The maximum absolute atomic E-state index is 11.0. The quantitative estimate of drug-likeness (QED) is 0.200. The van der Waals surface area contributed by atoms with Crippen LogP contribution in [0.1, 0.15) is 78.1 Å². The summed E-state index contributed by atoms with van der Waals surface area (Å²) in [5, 5.41) is 38.1. The number of hydrogen-bond acceptors (Lipinski definition) is 4. The molecule has 0 radical (unpaired) electrons. The van der Waals surface area contributed by atoms with Crippen molar-refractivity contribution < 1.29 is 25.2 Å². The SMILES string of the molecule is CCCCCC/C=C/[C@H]1[C@H](CO)CC[C@@H]1C/C=C\CC(CC)C(O)(O)C(=O)O. The van der Waals surface area contributed by atoms with Gasteiger partial charge in [-0.05, 0) is 62.7 Å². The molecular formula is C23H40O5. The van der Waals surface area contributed by atoms with Crippen molar-refractivity contribution in [2.45, 2.75) is 83.8 Å². The number of allylic oxidation sites excluding steroid dienone is 4. The van der Waals surface area contributed by atoms with Crippen LogP contribution in [0.25, 0.3) is 0 Å². The van der Waals surface area contributed by atoms with Gasteiger partial charge in [-0.25, -0.2) is 4.79 Å². The minimum Gasteiger partial charge on any atom is -0.477 e. The number of aliphatic hydroxyl groups is 3. The zero-order chi connectivity index (χ0) is 21.0. The summed E-state index contributed by atoms with van der Waals surface area (Å²) < 4.78 is 0. The molecule has 1 unspecified atom stereocenters. The van der Waals surface area contributed by atoms with Gasteiger partial charge in [0, 0.05) is 12.5 Å². The first-order chi connectivity index (χ1) is 13.4. The fourth-order valence-electron chi connectivity index (χ4n) is 4.26. The van der Waals surface area contributed by atoms with Gasteiger partial charge in [-0.2, -0.15) is 0 Å². The number of hydrogen-bond donors (Lipinski definition) is 4. The van der Waals surface area contributed by atoms with Crippen LogP contribution in [0.15, 0.2) is 24.3 Å². The van der Waals surface area contributed by atoms with E-state index >= 15 is 0 Å². The lowest BCUT2D eigenvalue weighted by atomic mass is 9.86. The van der Waals surface area contributed by atoms with Crippen LogP contribution in [0.3, 0.4) is 0 Å². The fourth-order valence-corrected chi connectivity index (χ4v) is 4.26. The van der Waals surface area contributed by atoms with Crippen LogP contribution >= 0.6 is 0 Å². The van der Waals surface area contributed by atoms with Gasteiger partial charge in [-0.3, -0.25) is 0 Å². The van der Waals surface area contributed by atoms with Crippen molar-refractivity contribution in [1.29, 1.82) is 0 Å². The van der Waals surface area contributed by atoms with Crippen molar-refractivity contribution >= 4 is 5.97 Å². The lowest BCUT2D eigenvalue weighted by Crippen LogP contribution is -2.45. The Labute approximate surface area is 170 Å². The zero-order valence-corrected chi connectivity index (χ0v) is 17.6. The molecule has 0 bridgehead atoms. The van der Waals surface area contributed by atoms with Gasteiger partial charge < -0.3 is 20.4 Å². The van der Waals surface area contributed by atoms with Gasteiger partial charge in [0.2, 0.25) is 0 Å². The van der Waals surface area contributed by atoms with Gasteiger partial charge in [0.15, 0.2) is 0 Å². The molecule has 0 aromatic rings. The highest BCUT2D eigenvalue weighted by Gasteiger charge is 2.40. The van der Waals surface area contributed by atoms with Gasteiger partial charge in [-0.1, -0.05) is 57.4 Å². The Morgan fingerprint density at radius 1 is 1.07 bits per heavy atom. The topological polar surface area (TPSA) is 98.0 Å². The lowest BCUT2D eigenvalue weighted by molar-refractivity contribution is -0.222. The first-order valence-corrected chi connectivity index (χ1v) is 11.0. The van der Waals surface area contributed by atoms with Crippen LogP contribution in [-0.2, 0) is 4.79 Å². The summed E-state index contributed by atoms with van der Waals surface area (Å²) in [4.78, 5) is 11.0. The van der Waals surface area contributed by atoms with E-state index in [1.54, 1.807) is 6.92 Å². The van der Waals surface area contributed by atoms with Crippen molar-refractivity contribution in [1.82, 2.24) is 0 Å².